The minimum absolute atomic E-state index is 0.00281. The first-order chi connectivity index (χ1) is 7.50. The highest BCUT2D eigenvalue weighted by molar-refractivity contribution is 5.30. The van der Waals surface area contributed by atoms with Gasteiger partial charge in [-0.05, 0) is 24.8 Å². The maximum absolute atomic E-state index is 12.5. The van der Waals surface area contributed by atoms with E-state index in [4.69, 9.17) is 0 Å². The Morgan fingerprint density at radius 2 is 2.19 bits per heavy atom. The Balaban J connectivity index is 2.22. The maximum Gasteiger partial charge on any atom is 0.392 e. The van der Waals surface area contributed by atoms with Gasteiger partial charge in [0.25, 0.3) is 0 Å². The van der Waals surface area contributed by atoms with Crippen molar-refractivity contribution in [1.29, 1.82) is 0 Å². The molecular weight excluding hydrogens is 219 g/mol. The van der Waals surface area contributed by atoms with Gasteiger partial charge >= 0.3 is 6.18 Å². The number of aromatic nitrogens is 2. The summed E-state index contributed by atoms with van der Waals surface area (Å²) in [5.74, 6) is -0.784. The van der Waals surface area contributed by atoms with Crippen molar-refractivity contribution in [2.45, 2.75) is 25.4 Å². The van der Waals surface area contributed by atoms with Crippen molar-refractivity contribution in [3.05, 3.63) is 17.5 Å². The second kappa shape index (κ2) is 3.92. The molecule has 3 nitrogen and oxygen atoms in total. The highest BCUT2D eigenvalue weighted by Gasteiger charge is 2.41. The molecular formula is C10H12F3N3. The third-order valence-electron chi connectivity index (χ3n) is 2.84. The number of anilines is 1. The van der Waals surface area contributed by atoms with E-state index in [1.165, 1.54) is 6.20 Å². The van der Waals surface area contributed by atoms with Crippen molar-refractivity contribution in [1.82, 2.24) is 9.97 Å². The molecule has 0 bridgehead atoms. The smallest absolute Gasteiger partial charge is 0.357 e. The zero-order chi connectivity index (χ0) is 11.8. The van der Waals surface area contributed by atoms with Crippen LogP contribution in [0.3, 0.4) is 0 Å². The SMILES string of the molecule is CNc1ncc2c(n1)CCC(C(F)(F)F)C2. The number of nitrogens with zero attached hydrogens (tertiary/aromatic N) is 2. The number of aryl methyl sites for hydroxylation is 1. The standard InChI is InChI=1S/C10H12F3N3/c1-14-9-15-5-6-4-7(10(11,12)13)2-3-8(6)16-9/h5,7H,2-4H2,1H3,(H,14,15,16). The minimum atomic E-state index is -4.11. The van der Waals surface area contributed by atoms with E-state index in [9.17, 15) is 13.2 Å². The van der Waals surface area contributed by atoms with Gasteiger partial charge in [0.2, 0.25) is 5.95 Å². The molecule has 2 rings (SSSR count). The van der Waals surface area contributed by atoms with Gasteiger partial charge in [-0.25, -0.2) is 9.97 Å². The molecule has 0 saturated heterocycles. The Morgan fingerprint density at radius 1 is 1.44 bits per heavy atom. The lowest BCUT2D eigenvalue weighted by atomic mass is 9.87. The third kappa shape index (κ3) is 2.10. The molecule has 1 aromatic heterocycles. The summed E-state index contributed by atoms with van der Waals surface area (Å²) < 4.78 is 37.6. The molecule has 0 fully saturated rings. The lowest BCUT2D eigenvalue weighted by Crippen LogP contribution is -2.29. The van der Waals surface area contributed by atoms with Crippen LogP contribution in [-0.4, -0.2) is 23.2 Å². The van der Waals surface area contributed by atoms with Crippen LogP contribution in [0.1, 0.15) is 17.7 Å². The second-order valence-corrected chi connectivity index (χ2v) is 3.90. The Morgan fingerprint density at radius 3 is 2.81 bits per heavy atom. The Hall–Kier alpha value is -1.33. The van der Waals surface area contributed by atoms with Crippen molar-refractivity contribution >= 4 is 5.95 Å². The van der Waals surface area contributed by atoms with E-state index in [0.717, 1.165) is 5.69 Å². The van der Waals surface area contributed by atoms with Crippen molar-refractivity contribution in [3.8, 4) is 0 Å². The largest absolute Gasteiger partial charge is 0.392 e. The van der Waals surface area contributed by atoms with Crippen molar-refractivity contribution in [3.63, 3.8) is 0 Å². The molecule has 16 heavy (non-hydrogen) atoms. The fraction of sp³-hybridized carbons (Fsp3) is 0.600. The zero-order valence-electron chi connectivity index (χ0n) is 8.80. The van der Waals surface area contributed by atoms with Gasteiger partial charge in [0.15, 0.2) is 0 Å². The van der Waals surface area contributed by atoms with Crippen LogP contribution in [0.25, 0.3) is 0 Å². The van der Waals surface area contributed by atoms with Gasteiger partial charge < -0.3 is 5.32 Å². The average Bonchev–Trinajstić information content (AvgIpc) is 2.26. The lowest BCUT2D eigenvalue weighted by Gasteiger charge is -2.25. The number of hydrogen-bond acceptors (Lipinski definition) is 3. The number of fused-ring (bicyclic) bond motifs is 1. The van der Waals surface area contributed by atoms with E-state index in [2.05, 4.69) is 15.3 Å². The van der Waals surface area contributed by atoms with Gasteiger partial charge in [0, 0.05) is 18.9 Å². The average molecular weight is 231 g/mol. The van der Waals surface area contributed by atoms with Gasteiger partial charge in [-0.3, -0.25) is 0 Å². The molecule has 1 heterocycles. The van der Waals surface area contributed by atoms with E-state index < -0.39 is 12.1 Å². The summed E-state index contributed by atoms with van der Waals surface area (Å²) in [4.78, 5) is 8.10. The first-order valence-electron chi connectivity index (χ1n) is 5.10. The third-order valence-corrected chi connectivity index (χ3v) is 2.84. The van der Waals surface area contributed by atoms with Crippen LogP contribution in [0.15, 0.2) is 6.20 Å². The molecule has 6 heteroatoms. The molecule has 1 aliphatic rings. The summed E-state index contributed by atoms with van der Waals surface area (Å²) in [5, 5.41) is 2.77. The molecule has 0 spiro atoms. The summed E-state index contributed by atoms with van der Waals surface area (Å²) in [6, 6.07) is 0. The van der Waals surface area contributed by atoms with Gasteiger partial charge in [0.1, 0.15) is 0 Å². The predicted molar refractivity (Wildman–Crippen MR) is 53.1 cm³/mol. The van der Waals surface area contributed by atoms with Crippen molar-refractivity contribution < 1.29 is 13.2 Å². The van der Waals surface area contributed by atoms with Gasteiger partial charge in [-0.2, -0.15) is 13.2 Å². The van der Waals surface area contributed by atoms with Crippen LogP contribution in [-0.2, 0) is 12.8 Å². The van der Waals surface area contributed by atoms with Crippen molar-refractivity contribution in [2.24, 2.45) is 5.92 Å². The molecule has 0 radical (unpaired) electrons. The molecule has 0 aliphatic heterocycles. The van der Waals surface area contributed by atoms with Crippen LogP contribution in [0.2, 0.25) is 0 Å². The van der Waals surface area contributed by atoms with Crippen molar-refractivity contribution in [2.75, 3.05) is 12.4 Å². The molecule has 1 atom stereocenters. The molecule has 88 valence electrons. The molecule has 1 N–H and O–H groups in total. The summed E-state index contributed by atoms with van der Waals surface area (Å²) in [6.45, 7) is 0. The van der Waals surface area contributed by atoms with E-state index in [-0.39, 0.29) is 12.8 Å². The maximum atomic E-state index is 12.5. The van der Waals surface area contributed by atoms with Crippen LogP contribution in [0.5, 0.6) is 0 Å². The Kier molecular flexibility index (Phi) is 2.73. The number of alkyl halides is 3. The van der Waals surface area contributed by atoms with E-state index >= 15 is 0 Å². The molecule has 1 unspecified atom stereocenters. The van der Waals surface area contributed by atoms with E-state index in [1.807, 2.05) is 0 Å². The molecule has 0 amide bonds. The summed E-state index contributed by atoms with van der Waals surface area (Å²) >= 11 is 0. The van der Waals surface area contributed by atoms with Gasteiger partial charge in [0.05, 0.1) is 5.92 Å². The first kappa shape index (κ1) is 11.2. The van der Waals surface area contributed by atoms with Crippen LogP contribution >= 0.6 is 0 Å². The van der Waals surface area contributed by atoms with E-state index in [1.54, 1.807) is 7.05 Å². The Labute approximate surface area is 91.1 Å². The van der Waals surface area contributed by atoms with Crippen LogP contribution in [0.4, 0.5) is 19.1 Å². The van der Waals surface area contributed by atoms with Gasteiger partial charge in [-0.1, -0.05) is 0 Å². The van der Waals surface area contributed by atoms with Crippen LogP contribution in [0, 0.1) is 5.92 Å². The monoisotopic (exact) mass is 231 g/mol. The number of hydrogen-bond donors (Lipinski definition) is 1. The molecule has 0 aromatic carbocycles. The summed E-state index contributed by atoms with van der Waals surface area (Å²) in [5.41, 5.74) is 1.35. The number of halogens is 3. The van der Waals surface area contributed by atoms with E-state index in [0.29, 0.717) is 17.9 Å². The predicted octanol–water partition coefficient (Wildman–Crippen LogP) is 2.19. The highest BCUT2D eigenvalue weighted by atomic mass is 19.4. The quantitative estimate of drug-likeness (QED) is 0.805. The highest BCUT2D eigenvalue weighted by Crippen LogP contribution is 2.36. The summed E-state index contributed by atoms with van der Waals surface area (Å²) in [7, 11) is 1.68. The second-order valence-electron chi connectivity index (χ2n) is 3.90. The Bertz CT molecular complexity index is 389. The molecule has 0 saturated carbocycles. The number of nitrogens with one attached hydrogen (secondary N) is 1. The molecule has 1 aliphatic carbocycles. The lowest BCUT2D eigenvalue weighted by molar-refractivity contribution is -0.177. The fourth-order valence-electron chi connectivity index (χ4n) is 1.91. The number of rotatable bonds is 1. The topological polar surface area (TPSA) is 37.8 Å². The zero-order valence-corrected chi connectivity index (χ0v) is 8.80. The molecule has 1 aromatic rings. The normalized spacial score (nSPS) is 20.4. The van der Waals surface area contributed by atoms with Crippen LogP contribution < -0.4 is 5.32 Å². The minimum Gasteiger partial charge on any atom is -0.357 e. The summed E-state index contributed by atoms with van der Waals surface area (Å²) in [6.07, 6.45) is -2.12. The first-order valence-corrected chi connectivity index (χ1v) is 5.10. The fourth-order valence-corrected chi connectivity index (χ4v) is 1.91. The van der Waals surface area contributed by atoms with Gasteiger partial charge in [-0.15, -0.1) is 0 Å².